The fourth-order valence-electron chi connectivity index (χ4n) is 3.28. The van der Waals surface area contributed by atoms with E-state index in [2.05, 4.69) is 16.9 Å². The van der Waals surface area contributed by atoms with E-state index in [1.807, 2.05) is 22.8 Å². The van der Waals surface area contributed by atoms with Crippen molar-refractivity contribution in [2.75, 3.05) is 5.32 Å². The topological polar surface area (TPSA) is 63.5 Å². The Morgan fingerprint density at radius 2 is 2.12 bits per heavy atom. The van der Waals surface area contributed by atoms with E-state index >= 15 is 0 Å². The maximum Gasteiger partial charge on any atom is 0.251 e. The van der Waals surface area contributed by atoms with E-state index in [1.54, 1.807) is 6.08 Å². The number of hydrogen-bond acceptors (Lipinski definition) is 3. The van der Waals surface area contributed by atoms with Gasteiger partial charge in [0.15, 0.2) is 4.80 Å². The molecule has 1 aromatic heterocycles. The van der Waals surface area contributed by atoms with Gasteiger partial charge in [-0.1, -0.05) is 36.7 Å². The number of rotatable bonds is 4. The SMILES string of the molecule is C=CCn1c(=NC(=O)C2CCCCC2)sc2cc(NC(C)=O)ccc21. The first kappa shape index (κ1) is 17.6. The van der Waals surface area contributed by atoms with Crippen LogP contribution in [0.5, 0.6) is 0 Å². The van der Waals surface area contributed by atoms with Gasteiger partial charge in [0.05, 0.1) is 10.2 Å². The second kappa shape index (κ2) is 7.78. The van der Waals surface area contributed by atoms with Crippen LogP contribution >= 0.6 is 11.3 Å². The molecule has 1 aliphatic rings. The minimum absolute atomic E-state index is 0.00819. The van der Waals surface area contributed by atoms with Crippen molar-refractivity contribution in [2.45, 2.75) is 45.6 Å². The predicted octanol–water partition coefficient (Wildman–Crippen LogP) is 3.85. The van der Waals surface area contributed by atoms with Crippen molar-refractivity contribution in [1.82, 2.24) is 4.57 Å². The number of allylic oxidation sites excluding steroid dienone is 1. The standard InChI is InChI=1S/C19H23N3O2S/c1-3-11-22-16-10-9-15(20-13(2)23)12-17(16)25-19(22)21-18(24)14-7-5-4-6-8-14/h3,9-10,12,14H,1,4-8,11H2,2H3,(H,20,23). The fraction of sp³-hybridized carbons (Fsp3) is 0.421. The minimum atomic E-state index is -0.104. The Bertz CT molecular complexity index is 872. The molecule has 0 saturated heterocycles. The Labute approximate surface area is 151 Å². The average molecular weight is 357 g/mol. The van der Waals surface area contributed by atoms with Crippen molar-refractivity contribution in [3.63, 3.8) is 0 Å². The molecule has 0 aliphatic heterocycles. The summed E-state index contributed by atoms with van der Waals surface area (Å²) in [6.07, 6.45) is 7.14. The van der Waals surface area contributed by atoms with Gasteiger partial charge in [-0.2, -0.15) is 4.99 Å². The molecule has 25 heavy (non-hydrogen) atoms. The number of benzene rings is 1. The lowest BCUT2D eigenvalue weighted by Crippen LogP contribution is -2.21. The van der Waals surface area contributed by atoms with Crippen molar-refractivity contribution < 1.29 is 9.59 Å². The third kappa shape index (κ3) is 4.07. The highest BCUT2D eigenvalue weighted by molar-refractivity contribution is 7.16. The minimum Gasteiger partial charge on any atom is -0.326 e. The van der Waals surface area contributed by atoms with Gasteiger partial charge in [0.2, 0.25) is 5.91 Å². The van der Waals surface area contributed by atoms with E-state index in [0.717, 1.165) is 41.6 Å². The van der Waals surface area contributed by atoms with Crippen molar-refractivity contribution >= 4 is 39.1 Å². The molecule has 0 bridgehead atoms. The summed E-state index contributed by atoms with van der Waals surface area (Å²) in [5, 5.41) is 2.79. The molecule has 6 heteroatoms. The largest absolute Gasteiger partial charge is 0.326 e. The number of nitrogens with zero attached hydrogens (tertiary/aromatic N) is 2. The molecule has 3 rings (SSSR count). The van der Waals surface area contributed by atoms with Gasteiger partial charge in [-0.15, -0.1) is 6.58 Å². The number of hydrogen-bond donors (Lipinski definition) is 1. The highest BCUT2D eigenvalue weighted by Gasteiger charge is 2.21. The van der Waals surface area contributed by atoms with Crippen molar-refractivity contribution in [3.05, 3.63) is 35.7 Å². The van der Waals surface area contributed by atoms with E-state index in [9.17, 15) is 9.59 Å². The number of amides is 2. The number of fused-ring (bicyclic) bond motifs is 1. The Balaban J connectivity index is 2.01. The van der Waals surface area contributed by atoms with Gasteiger partial charge < -0.3 is 9.88 Å². The molecule has 1 heterocycles. The second-order valence-corrected chi connectivity index (χ2v) is 7.44. The van der Waals surface area contributed by atoms with Crippen LogP contribution in [0.3, 0.4) is 0 Å². The maximum absolute atomic E-state index is 12.6. The monoisotopic (exact) mass is 357 g/mol. The highest BCUT2D eigenvalue weighted by atomic mass is 32.1. The number of carbonyl (C=O) groups excluding carboxylic acids is 2. The van der Waals surface area contributed by atoms with Crippen LogP contribution in [0, 0.1) is 5.92 Å². The quantitative estimate of drug-likeness (QED) is 0.845. The zero-order valence-corrected chi connectivity index (χ0v) is 15.3. The molecule has 2 aromatic rings. The molecule has 1 aromatic carbocycles. The third-order valence-electron chi connectivity index (χ3n) is 4.48. The molecule has 0 spiro atoms. The summed E-state index contributed by atoms with van der Waals surface area (Å²) < 4.78 is 2.99. The Kier molecular flexibility index (Phi) is 5.48. The van der Waals surface area contributed by atoms with Crippen molar-refractivity contribution in [1.29, 1.82) is 0 Å². The predicted molar refractivity (Wildman–Crippen MR) is 101 cm³/mol. The van der Waals surface area contributed by atoms with Gasteiger partial charge in [0.1, 0.15) is 0 Å². The lowest BCUT2D eigenvalue weighted by atomic mass is 9.89. The summed E-state index contributed by atoms with van der Waals surface area (Å²) in [6.45, 7) is 5.89. The maximum atomic E-state index is 12.6. The molecule has 1 N–H and O–H groups in total. The van der Waals surface area contributed by atoms with Gasteiger partial charge >= 0.3 is 0 Å². The van der Waals surface area contributed by atoms with Crippen LogP contribution < -0.4 is 10.1 Å². The summed E-state index contributed by atoms with van der Waals surface area (Å²) in [6, 6.07) is 5.73. The molecule has 1 saturated carbocycles. The van der Waals surface area contributed by atoms with Crippen LogP contribution in [-0.4, -0.2) is 16.4 Å². The Hall–Kier alpha value is -2.21. The van der Waals surface area contributed by atoms with Crippen LogP contribution in [0.4, 0.5) is 5.69 Å². The van der Waals surface area contributed by atoms with Crippen molar-refractivity contribution in [2.24, 2.45) is 10.9 Å². The van der Waals surface area contributed by atoms with Crippen molar-refractivity contribution in [3.8, 4) is 0 Å². The van der Waals surface area contributed by atoms with E-state index in [1.165, 1.54) is 24.7 Å². The molecular formula is C19H23N3O2S. The summed E-state index contributed by atoms with van der Waals surface area (Å²) in [5.74, 6) is -0.0514. The van der Waals surface area contributed by atoms with E-state index in [4.69, 9.17) is 0 Å². The lowest BCUT2D eigenvalue weighted by Gasteiger charge is -2.17. The molecule has 0 atom stereocenters. The van der Waals surface area contributed by atoms with Crippen LogP contribution in [0.15, 0.2) is 35.8 Å². The number of thiazole rings is 1. The molecule has 0 unspecified atom stereocenters. The highest BCUT2D eigenvalue weighted by Crippen LogP contribution is 2.25. The van der Waals surface area contributed by atoms with Gasteiger partial charge in [-0.3, -0.25) is 9.59 Å². The lowest BCUT2D eigenvalue weighted by molar-refractivity contribution is -0.122. The molecular weight excluding hydrogens is 334 g/mol. The van der Waals surface area contributed by atoms with Crippen LogP contribution in [0.25, 0.3) is 10.2 Å². The van der Waals surface area contributed by atoms with E-state index < -0.39 is 0 Å². The summed E-state index contributed by atoms with van der Waals surface area (Å²) >= 11 is 1.47. The first-order valence-corrected chi connectivity index (χ1v) is 9.50. The molecule has 132 valence electrons. The van der Waals surface area contributed by atoms with Gasteiger partial charge in [0.25, 0.3) is 5.91 Å². The Morgan fingerprint density at radius 1 is 1.36 bits per heavy atom. The van der Waals surface area contributed by atoms with Gasteiger partial charge in [0, 0.05) is 25.1 Å². The molecule has 0 radical (unpaired) electrons. The first-order valence-electron chi connectivity index (χ1n) is 8.69. The molecule has 1 fully saturated rings. The molecule has 2 amide bonds. The number of aromatic nitrogens is 1. The summed E-state index contributed by atoms with van der Waals surface area (Å²) in [7, 11) is 0. The Morgan fingerprint density at radius 3 is 2.80 bits per heavy atom. The second-order valence-electron chi connectivity index (χ2n) is 6.43. The fourth-order valence-corrected chi connectivity index (χ4v) is 4.36. The molecule has 1 aliphatic carbocycles. The number of carbonyl (C=O) groups is 2. The van der Waals surface area contributed by atoms with Gasteiger partial charge in [-0.25, -0.2) is 0 Å². The third-order valence-corrected chi connectivity index (χ3v) is 5.52. The average Bonchev–Trinajstić information content (AvgIpc) is 2.92. The molecule has 5 nitrogen and oxygen atoms in total. The van der Waals surface area contributed by atoms with E-state index in [0.29, 0.717) is 11.3 Å². The number of anilines is 1. The van der Waals surface area contributed by atoms with Gasteiger partial charge in [-0.05, 0) is 31.0 Å². The van der Waals surface area contributed by atoms with Crippen LogP contribution in [-0.2, 0) is 16.1 Å². The zero-order chi connectivity index (χ0) is 17.8. The van der Waals surface area contributed by atoms with E-state index in [-0.39, 0.29) is 17.7 Å². The number of nitrogens with one attached hydrogen (secondary N) is 1. The summed E-state index contributed by atoms with van der Waals surface area (Å²) in [5.41, 5.74) is 1.74. The summed E-state index contributed by atoms with van der Waals surface area (Å²) in [4.78, 5) is 28.9. The normalized spacial score (nSPS) is 16.1. The zero-order valence-electron chi connectivity index (χ0n) is 14.5. The van der Waals surface area contributed by atoms with Crippen LogP contribution in [0.2, 0.25) is 0 Å². The smallest absolute Gasteiger partial charge is 0.251 e. The van der Waals surface area contributed by atoms with Crippen LogP contribution in [0.1, 0.15) is 39.0 Å². The first-order chi connectivity index (χ1) is 12.1.